The number of thioether (sulfide) groups is 1. The minimum atomic E-state index is -0.719. The summed E-state index contributed by atoms with van der Waals surface area (Å²) in [5.41, 5.74) is 0. The van der Waals surface area contributed by atoms with Crippen molar-refractivity contribution in [3.8, 4) is 0 Å². The third kappa shape index (κ3) is 6.32. The van der Waals surface area contributed by atoms with E-state index in [1.807, 2.05) is 0 Å². The summed E-state index contributed by atoms with van der Waals surface area (Å²) in [6.07, 6.45) is 3.71. The largest absolute Gasteiger partial charge is 0.481 e. The molecular formula is C14H25NO3S. The predicted octanol–water partition coefficient (Wildman–Crippen LogP) is 2.53. The van der Waals surface area contributed by atoms with E-state index in [1.165, 1.54) is 0 Å². The van der Waals surface area contributed by atoms with Crippen molar-refractivity contribution < 1.29 is 14.7 Å². The van der Waals surface area contributed by atoms with Gasteiger partial charge < -0.3 is 10.4 Å². The molecule has 0 aromatic rings. The molecule has 0 aliphatic heterocycles. The number of carboxylic acids is 1. The van der Waals surface area contributed by atoms with Crippen LogP contribution in [0, 0.1) is 11.8 Å². The van der Waals surface area contributed by atoms with E-state index in [0.29, 0.717) is 12.3 Å². The minimum Gasteiger partial charge on any atom is -0.481 e. The monoisotopic (exact) mass is 287 g/mol. The first-order chi connectivity index (χ1) is 8.79. The SMILES string of the molecule is CC(C)(C)SCC(=O)NCC1CCCCC1C(=O)O. The second-order valence-electron chi connectivity index (χ2n) is 6.19. The van der Waals surface area contributed by atoms with Gasteiger partial charge in [0.1, 0.15) is 0 Å². The van der Waals surface area contributed by atoms with E-state index in [-0.39, 0.29) is 22.5 Å². The highest BCUT2D eigenvalue weighted by Crippen LogP contribution is 2.29. The first kappa shape index (κ1) is 16.3. The van der Waals surface area contributed by atoms with Crippen LogP contribution in [0.4, 0.5) is 0 Å². The van der Waals surface area contributed by atoms with Crippen LogP contribution < -0.4 is 5.32 Å². The maximum atomic E-state index is 11.7. The van der Waals surface area contributed by atoms with Gasteiger partial charge >= 0.3 is 5.97 Å². The fourth-order valence-corrected chi connectivity index (χ4v) is 3.02. The van der Waals surface area contributed by atoms with Crippen molar-refractivity contribution in [3.63, 3.8) is 0 Å². The smallest absolute Gasteiger partial charge is 0.306 e. The fraction of sp³-hybridized carbons (Fsp3) is 0.857. The summed E-state index contributed by atoms with van der Waals surface area (Å²) in [5, 5.41) is 12.1. The van der Waals surface area contributed by atoms with E-state index in [4.69, 9.17) is 5.11 Å². The lowest BCUT2D eigenvalue weighted by atomic mass is 9.79. The van der Waals surface area contributed by atoms with E-state index < -0.39 is 5.97 Å². The Hall–Kier alpha value is -0.710. The van der Waals surface area contributed by atoms with Crippen LogP contribution in [0.3, 0.4) is 0 Å². The molecule has 1 aliphatic carbocycles. The van der Waals surface area contributed by atoms with Crippen molar-refractivity contribution in [2.24, 2.45) is 11.8 Å². The van der Waals surface area contributed by atoms with E-state index >= 15 is 0 Å². The number of hydrogen-bond acceptors (Lipinski definition) is 3. The van der Waals surface area contributed by atoms with Crippen LogP contribution >= 0.6 is 11.8 Å². The average Bonchev–Trinajstić information content (AvgIpc) is 2.33. The Morgan fingerprint density at radius 2 is 1.89 bits per heavy atom. The predicted molar refractivity (Wildman–Crippen MR) is 78.3 cm³/mol. The number of rotatable bonds is 5. The molecule has 110 valence electrons. The molecule has 0 aromatic heterocycles. The molecule has 1 aliphatic rings. The van der Waals surface area contributed by atoms with Crippen molar-refractivity contribution in [2.45, 2.75) is 51.2 Å². The molecular weight excluding hydrogens is 262 g/mol. The van der Waals surface area contributed by atoms with Gasteiger partial charge in [-0.25, -0.2) is 0 Å². The number of hydrogen-bond donors (Lipinski definition) is 2. The maximum Gasteiger partial charge on any atom is 0.306 e. The van der Waals surface area contributed by atoms with Gasteiger partial charge in [0.05, 0.1) is 11.7 Å². The quantitative estimate of drug-likeness (QED) is 0.815. The third-order valence-corrected chi connectivity index (χ3v) is 4.70. The minimum absolute atomic E-state index is 0.00892. The molecule has 0 heterocycles. The summed E-state index contributed by atoms with van der Waals surface area (Å²) < 4.78 is 0.0752. The zero-order valence-electron chi connectivity index (χ0n) is 12.1. The zero-order valence-corrected chi connectivity index (χ0v) is 12.9. The van der Waals surface area contributed by atoms with E-state index in [2.05, 4.69) is 26.1 Å². The Morgan fingerprint density at radius 1 is 1.26 bits per heavy atom. The van der Waals surface area contributed by atoms with Gasteiger partial charge in [0.2, 0.25) is 5.91 Å². The van der Waals surface area contributed by atoms with Crippen LogP contribution in [-0.2, 0) is 9.59 Å². The summed E-state index contributed by atoms with van der Waals surface area (Å²) in [6.45, 7) is 6.73. The van der Waals surface area contributed by atoms with E-state index in [0.717, 1.165) is 25.7 Å². The molecule has 0 spiro atoms. The molecule has 0 aromatic carbocycles. The number of nitrogens with one attached hydrogen (secondary N) is 1. The van der Waals surface area contributed by atoms with Crippen molar-refractivity contribution in [1.29, 1.82) is 0 Å². The van der Waals surface area contributed by atoms with Gasteiger partial charge in [0.25, 0.3) is 0 Å². The molecule has 2 N–H and O–H groups in total. The summed E-state index contributed by atoms with van der Waals surface area (Å²) in [6, 6.07) is 0. The molecule has 0 saturated heterocycles. The molecule has 19 heavy (non-hydrogen) atoms. The summed E-state index contributed by atoms with van der Waals surface area (Å²) in [7, 11) is 0. The van der Waals surface area contributed by atoms with Gasteiger partial charge in [-0.05, 0) is 18.8 Å². The molecule has 2 unspecified atom stereocenters. The van der Waals surface area contributed by atoms with Crippen molar-refractivity contribution >= 4 is 23.6 Å². The van der Waals surface area contributed by atoms with E-state index in [1.54, 1.807) is 11.8 Å². The lowest BCUT2D eigenvalue weighted by molar-refractivity contribution is -0.145. The summed E-state index contributed by atoms with van der Waals surface area (Å²) in [5.74, 6) is -0.467. The van der Waals surface area contributed by atoms with Gasteiger partial charge in [-0.15, -0.1) is 11.8 Å². The van der Waals surface area contributed by atoms with Crippen LogP contribution in [0.15, 0.2) is 0 Å². The number of carbonyl (C=O) groups excluding carboxylic acids is 1. The molecule has 1 saturated carbocycles. The fourth-order valence-electron chi connectivity index (χ4n) is 2.36. The molecule has 2 atom stereocenters. The third-order valence-electron chi connectivity index (χ3n) is 3.42. The van der Waals surface area contributed by atoms with Crippen molar-refractivity contribution in [2.75, 3.05) is 12.3 Å². The molecule has 0 radical (unpaired) electrons. The number of carbonyl (C=O) groups is 2. The van der Waals surface area contributed by atoms with Gasteiger partial charge in [0, 0.05) is 11.3 Å². The molecule has 1 fully saturated rings. The molecule has 1 amide bonds. The Balaban J connectivity index is 2.34. The van der Waals surface area contributed by atoms with Crippen molar-refractivity contribution in [3.05, 3.63) is 0 Å². The summed E-state index contributed by atoms with van der Waals surface area (Å²) >= 11 is 1.61. The van der Waals surface area contributed by atoms with Gasteiger partial charge in [-0.1, -0.05) is 33.6 Å². The van der Waals surface area contributed by atoms with Crippen molar-refractivity contribution in [1.82, 2.24) is 5.32 Å². The molecule has 1 rings (SSSR count). The van der Waals surface area contributed by atoms with E-state index in [9.17, 15) is 9.59 Å². The Labute approximate surface area is 119 Å². The maximum absolute atomic E-state index is 11.7. The highest BCUT2D eigenvalue weighted by molar-refractivity contribution is 8.01. The second-order valence-corrected chi connectivity index (χ2v) is 8.00. The molecule has 4 nitrogen and oxygen atoms in total. The van der Waals surface area contributed by atoms with Gasteiger partial charge in [-0.3, -0.25) is 9.59 Å². The lowest BCUT2D eigenvalue weighted by Crippen LogP contribution is -2.38. The van der Waals surface area contributed by atoms with Crippen LogP contribution in [-0.4, -0.2) is 34.0 Å². The topological polar surface area (TPSA) is 66.4 Å². The van der Waals surface area contributed by atoms with Gasteiger partial charge in [0.15, 0.2) is 0 Å². The molecule has 5 heteroatoms. The standard InChI is InChI=1S/C14H25NO3S/c1-14(2,3)19-9-12(16)15-8-10-6-4-5-7-11(10)13(17)18/h10-11H,4-9H2,1-3H3,(H,15,16)(H,17,18). The number of carboxylic acid groups (broad SMARTS) is 1. The van der Waals surface area contributed by atoms with Crippen LogP contribution in [0.1, 0.15) is 46.5 Å². The Kier molecular flexibility index (Phi) is 6.17. The Bertz CT molecular complexity index is 325. The van der Waals surface area contributed by atoms with Gasteiger partial charge in [-0.2, -0.15) is 0 Å². The first-order valence-corrected chi connectivity index (χ1v) is 7.91. The second kappa shape index (κ2) is 7.17. The zero-order chi connectivity index (χ0) is 14.5. The van der Waals surface area contributed by atoms with Crippen LogP contribution in [0.25, 0.3) is 0 Å². The number of amides is 1. The summed E-state index contributed by atoms with van der Waals surface area (Å²) in [4.78, 5) is 22.9. The molecule has 0 bridgehead atoms. The van der Waals surface area contributed by atoms with Crippen LogP contribution in [0.2, 0.25) is 0 Å². The first-order valence-electron chi connectivity index (χ1n) is 6.93. The number of aliphatic carboxylic acids is 1. The van der Waals surface area contributed by atoms with Crippen LogP contribution in [0.5, 0.6) is 0 Å². The highest BCUT2D eigenvalue weighted by Gasteiger charge is 2.30. The average molecular weight is 287 g/mol. The lowest BCUT2D eigenvalue weighted by Gasteiger charge is -2.28. The Morgan fingerprint density at radius 3 is 2.47 bits per heavy atom. The normalized spacial score (nSPS) is 23.9. The highest BCUT2D eigenvalue weighted by atomic mass is 32.2.